The number of hydrogen-bond acceptors (Lipinski definition) is 3. The Balaban J connectivity index is 1.77. The van der Waals surface area contributed by atoms with Crippen molar-refractivity contribution in [2.75, 3.05) is 18.6 Å². The number of anilines is 1. The first-order valence-electron chi connectivity index (χ1n) is 7.71. The summed E-state index contributed by atoms with van der Waals surface area (Å²) in [6.45, 7) is 0.503. The SMILES string of the molecule is COc1ccc2nc3c(cc2c1)CCN3C(=O)c1ccccc1F. The maximum Gasteiger partial charge on any atom is 0.262 e. The van der Waals surface area contributed by atoms with Crippen molar-refractivity contribution in [2.45, 2.75) is 6.42 Å². The Kier molecular flexibility index (Phi) is 3.41. The van der Waals surface area contributed by atoms with Crippen LogP contribution in [0.2, 0.25) is 0 Å². The predicted molar refractivity (Wildman–Crippen MR) is 90.1 cm³/mol. The van der Waals surface area contributed by atoms with Crippen LogP contribution in [0.5, 0.6) is 5.75 Å². The molecule has 0 atom stereocenters. The molecule has 0 bridgehead atoms. The number of ether oxygens (including phenoxy) is 1. The van der Waals surface area contributed by atoms with Crippen LogP contribution in [-0.2, 0) is 6.42 Å². The van der Waals surface area contributed by atoms with E-state index in [1.54, 1.807) is 24.1 Å². The molecule has 0 fully saturated rings. The van der Waals surface area contributed by atoms with Gasteiger partial charge in [0.1, 0.15) is 17.4 Å². The lowest BCUT2D eigenvalue weighted by Gasteiger charge is -2.17. The molecule has 4 rings (SSSR count). The zero-order valence-corrected chi connectivity index (χ0v) is 13.1. The highest BCUT2D eigenvalue weighted by molar-refractivity contribution is 6.07. The Morgan fingerprint density at radius 1 is 1.21 bits per heavy atom. The molecule has 4 nitrogen and oxygen atoms in total. The molecule has 0 spiro atoms. The molecule has 24 heavy (non-hydrogen) atoms. The summed E-state index contributed by atoms with van der Waals surface area (Å²) in [5.74, 6) is 0.510. The highest BCUT2D eigenvalue weighted by Gasteiger charge is 2.28. The van der Waals surface area contributed by atoms with E-state index >= 15 is 0 Å². The molecule has 2 heterocycles. The number of methoxy groups -OCH3 is 1. The zero-order chi connectivity index (χ0) is 16.7. The molecule has 0 radical (unpaired) electrons. The molecule has 0 saturated carbocycles. The lowest BCUT2D eigenvalue weighted by Crippen LogP contribution is -2.30. The molecule has 1 aliphatic rings. The van der Waals surface area contributed by atoms with Gasteiger partial charge < -0.3 is 4.74 Å². The number of amides is 1. The first-order chi connectivity index (χ1) is 11.7. The Morgan fingerprint density at radius 3 is 2.83 bits per heavy atom. The largest absolute Gasteiger partial charge is 0.497 e. The van der Waals surface area contributed by atoms with Crippen LogP contribution in [0.15, 0.2) is 48.5 Å². The van der Waals surface area contributed by atoms with Crippen molar-refractivity contribution >= 4 is 22.6 Å². The average molecular weight is 322 g/mol. The Labute approximate surface area is 138 Å². The van der Waals surface area contributed by atoms with Crippen molar-refractivity contribution in [3.8, 4) is 5.75 Å². The molecule has 1 aliphatic heterocycles. The van der Waals surface area contributed by atoms with Crippen LogP contribution in [0.1, 0.15) is 15.9 Å². The fraction of sp³-hybridized carbons (Fsp3) is 0.158. The molecule has 2 aromatic carbocycles. The van der Waals surface area contributed by atoms with Crippen molar-refractivity contribution < 1.29 is 13.9 Å². The van der Waals surface area contributed by atoms with Crippen molar-refractivity contribution in [1.82, 2.24) is 4.98 Å². The van der Waals surface area contributed by atoms with E-state index in [4.69, 9.17) is 4.74 Å². The number of pyridine rings is 1. The molecule has 120 valence electrons. The third kappa shape index (κ3) is 2.29. The number of fused-ring (bicyclic) bond motifs is 2. The summed E-state index contributed by atoms with van der Waals surface area (Å²) in [4.78, 5) is 18.9. The van der Waals surface area contributed by atoms with Crippen LogP contribution in [0.3, 0.4) is 0 Å². The first kappa shape index (κ1) is 14.6. The molecule has 0 N–H and O–H groups in total. The van der Waals surface area contributed by atoms with Crippen LogP contribution in [0.4, 0.5) is 10.2 Å². The number of benzene rings is 2. The summed E-state index contributed by atoms with van der Waals surface area (Å²) in [6.07, 6.45) is 0.704. The van der Waals surface area contributed by atoms with Gasteiger partial charge >= 0.3 is 0 Å². The van der Waals surface area contributed by atoms with E-state index in [0.29, 0.717) is 18.8 Å². The number of halogens is 1. The van der Waals surface area contributed by atoms with Gasteiger partial charge in [0, 0.05) is 11.9 Å². The van der Waals surface area contributed by atoms with Crippen molar-refractivity contribution in [2.24, 2.45) is 0 Å². The minimum atomic E-state index is -0.513. The average Bonchev–Trinajstić information content (AvgIpc) is 3.01. The molecule has 0 saturated heterocycles. The van der Waals surface area contributed by atoms with Gasteiger partial charge in [0.2, 0.25) is 0 Å². The van der Waals surface area contributed by atoms with Gasteiger partial charge in [-0.15, -0.1) is 0 Å². The number of carbonyl (C=O) groups excluding carboxylic acids is 1. The lowest BCUT2D eigenvalue weighted by atomic mass is 10.1. The second kappa shape index (κ2) is 5.60. The van der Waals surface area contributed by atoms with Crippen LogP contribution in [-0.4, -0.2) is 24.5 Å². The fourth-order valence-electron chi connectivity index (χ4n) is 3.05. The monoisotopic (exact) mass is 322 g/mol. The third-order valence-electron chi connectivity index (χ3n) is 4.29. The molecule has 3 aromatic rings. The van der Waals surface area contributed by atoms with E-state index in [1.807, 2.05) is 24.3 Å². The highest BCUT2D eigenvalue weighted by atomic mass is 19.1. The zero-order valence-electron chi connectivity index (χ0n) is 13.1. The van der Waals surface area contributed by atoms with E-state index in [9.17, 15) is 9.18 Å². The molecule has 0 aliphatic carbocycles. The van der Waals surface area contributed by atoms with Gasteiger partial charge in [-0.3, -0.25) is 9.69 Å². The van der Waals surface area contributed by atoms with Gasteiger partial charge in [-0.25, -0.2) is 9.37 Å². The van der Waals surface area contributed by atoms with Crippen LogP contribution < -0.4 is 9.64 Å². The first-order valence-corrected chi connectivity index (χ1v) is 7.71. The van der Waals surface area contributed by atoms with E-state index in [-0.39, 0.29) is 11.5 Å². The van der Waals surface area contributed by atoms with Crippen LogP contribution in [0, 0.1) is 5.82 Å². The molecule has 0 unspecified atom stereocenters. The Bertz CT molecular complexity index is 955. The predicted octanol–water partition coefficient (Wildman–Crippen LogP) is 3.59. The Morgan fingerprint density at radius 2 is 2.04 bits per heavy atom. The topological polar surface area (TPSA) is 42.4 Å². The van der Waals surface area contributed by atoms with Gasteiger partial charge in [0.05, 0.1) is 18.2 Å². The van der Waals surface area contributed by atoms with Crippen LogP contribution >= 0.6 is 0 Å². The molecule has 5 heteroatoms. The summed E-state index contributed by atoms with van der Waals surface area (Å²) in [5, 5.41) is 0.966. The van der Waals surface area contributed by atoms with Crippen LogP contribution in [0.25, 0.3) is 10.9 Å². The number of nitrogens with zero attached hydrogens (tertiary/aromatic N) is 2. The normalized spacial score (nSPS) is 13.2. The van der Waals surface area contributed by atoms with Gasteiger partial charge in [-0.2, -0.15) is 0 Å². The van der Waals surface area contributed by atoms with E-state index in [1.165, 1.54) is 12.1 Å². The summed E-state index contributed by atoms with van der Waals surface area (Å²) < 4.78 is 19.2. The van der Waals surface area contributed by atoms with Gasteiger partial charge in [-0.05, 0) is 48.4 Å². The number of aromatic nitrogens is 1. The summed E-state index contributed by atoms with van der Waals surface area (Å²) in [6, 6.07) is 13.7. The molecule has 1 amide bonds. The van der Waals surface area contributed by atoms with Crippen molar-refractivity contribution in [3.05, 3.63) is 65.5 Å². The number of hydrogen-bond donors (Lipinski definition) is 0. The third-order valence-corrected chi connectivity index (χ3v) is 4.29. The Hall–Kier alpha value is -2.95. The second-order valence-electron chi connectivity index (χ2n) is 5.72. The lowest BCUT2D eigenvalue weighted by molar-refractivity contribution is 0.0985. The summed E-state index contributed by atoms with van der Waals surface area (Å²) >= 11 is 0. The van der Waals surface area contributed by atoms with Gasteiger partial charge in [-0.1, -0.05) is 12.1 Å². The second-order valence-corrected chi connectivity index (χ2v) is 5.72. The smallest absolute Gasteiger partial charge is 0.262 e. The molecular weight excluding hydrogens is 307 g/mol. The minimum Gasteiger partial charge on any atom is -0.497 e. The molecular formula is C19H15FN2O2. The van der Waals surface area contributed by atoms with Gasteiger partial charge in [0.25, 0.3) is 5.91 Å². The van der Waals surface area contributed by atoms with E-state index in [2.05, 4.69) is 4.98 Å². The van der Waals surface area contributed by atoms with E-state index < -0.39 is 5.82 Å². The fourth-order valence-corrected chi connectivity index (χ4v) is 3.05. The highest BCUT2D eigenvalue weighted by Crippen LogP contribution is 2.32. The standard InChI is InChI=1S/C19H15FN2O2/c1-24-14-6-7-17-13(11-14)10-12-8-9-22(18(12)21-17)19(23)15-4-2-3-5-16(15)20/h2-7,10-11H,8-9H2,1H3. The maximum absolute atomic E-state index is 13.9. The van der Waals surface area contributed by atoms with Gasteiger partial charge in [0.15, 0.2) is 0 Å². The van der Waals surface area contributed by atoms with Crippen molar-refractivity contribution in [3.63, 3.8) is 0 Å². The minimum absolute atomic E-state index is 0.0713. The number of carbonyl (C=O) groups is 1. The maximum atomic E-state index is 13.9. The number of rotatable bonds is 2. The molecule has 1 aromatic heterocycles. The van der Waals surface area contributed by atoms with E-state index in [0.717, 1.165) is 22.2 Å². The van der Waals surface area contributed by atoms with Crippen molar-refractivity contribution in [1.29, 1.82) is 0 Å². The summed E-state index contributed by atoms with van der Waals surface area (Å²) in [5.41, 5.74) is 1.84. The quantitative estimate of drug-likeness (QED) is 0.724. The summed E-state index contributed by atoms with van der Waals surface area (Å²) in [7, 11) is 1.62.